The average Bonchev–Trinajstić information content (AvgIpc) is 2.41. The van der Waals surface area contributed by atoms with Gasteiger partial charge in [-0.3, -0.25) is 0 Å². The predicted octanol–water partition coefficient (Wildman–Crippen LogP) is -0.628. The Morgan fingerprint density at radius 3 is 2.75 bits per heavy atom. The molecule has 0 aliphatic carbocycles. The van der Waals surface area contributed by atoms with Gasteiger partial charge >= 0.3 is 0 Å². The van der Waals surface area contributed by atoms with Gasteiger partial charge in [-0.2, -0.15) is 0 Å². The van der Waals surface area contributed by atoms with Gasteiger partial charge in [-0.25, -0.2) is 0 Å². The molecule has 1 aromatic rings. The van der Waals surface area contributed by atoms with Gasteiger partial charge in [-0.05, 0) is 24.3 Å². The number of carbonyl (C=O) groups is 1. The van der Waals surface area contributed by atoms with Crippen molar-refractivity contribution in [1.29, 1.82) is 0 Å². The van der Waals surface area contributed by atoms with Crippen molar-refractivity contribution >= 4 is 12.0 Å². The van der Waals surface area contributed by atoms with Gasteiger partial charge in [0.15, 0.2) is 0 Å². The van der Waals surface area contributed by atoms with Crippen LogP contribution in [0.2, 0.25) is 0 Å². The normalized spacial score (nSPS) is 11.0. The van der Waals surface area contributed by atoms with Crippen molar-refractivity contribution in [2.75, 3.05) is 34.4 Å². The molecule has 5 nitrogen and oxygen atoms in total. The van der Waals surface area contributed by atoms with Gasteiger partial charge in [0.05, 0.1) is 40.3 Å². The first-order valence-electron chi connectivity index (χ1n) is 6.52. The van der Waals surface area contributed by atoms with Crippen molar-refractivity contribution < 1.29 is 24.3 Å². The minimum absolute atomic E-state index is 0.574. The quantitative estimate of drug-likeness (QED) is 0.508. The Morgan fingerprint density at radius 2 is 2.15 bits per heavy atom. The molecule has 20 heavy (non-hydrogen) atoms. The zero-order valence-electron chi connectivity index (χ0n) is 12.1. The minimum atomic E-state index is -1.23. The third-order valence-electron chi connectivity index (χ3n) is 2.70. The lowest BCUT2D eigenvalue weighted by atomic mass is 10.1. The third kappa shape index (κ3) is 5.75. The van der Waals surface area contributed by atoms with E-state index in [9.17, 15) is 9.90 Å². The van der Waals surface area contributed by atoms with Gasteiger partial charge in [0.1, 0.15) is 11.5 Å². The number of carbonyl (C=O) groups excluding carboxylic acids is 1. The second-order valence-electron chi connectivity index (χ2n) is 4.72. The number of carboxylic acid groups (broad SMARTS) is 1. The molecular weight excluding hydrogens is 258 g/mol. The first-order valence-corrected chi connectivity index (χ1v) is 6.52. The topological polar surface area (TPSA) is 63.0 Å². The summed E-state index contributed by atoms with van der Waals surface area (Å²) in [5.41, 5.74) is 0.687. The average molecular weight is 279 g/mol. The summed E-state index contributed by atoms with van der Waals surface area (Å²) in [5, 5.41) is 10.5. The minimum Gasteiger partial charge on any atom is -0.545 e. The monoisotopic (exact) mass is 279 g/mol. The predicted molar refractivity (Wildman–Crippen MR) is 74.8 cm³/mol. The summed E-state index contributed by atoms with van der Waals surface area (Å²) >= 11 is 0. The van der Waals surface area contributed by atoms with Crippen LogP contribution in [-0.2, 0) is 4.79 Å². The van der Waals surface area contributed by atoms with Gasteiger partial charge in [0.2, 0.25) is 0 Å². The molecule has 0 heterocycles. The summed E-state index contributed by atoms with van der Waals surface area (Å²) in [4.78, 5) is 11.8. The fourth-order valence-electron chi connectivity index (χ4n) is 1.67. The van der Waals surface area contributed by atoms with Crippen LogP contribution in [0.15, 0.2) is 24.3 Å². The maximum Gasteiger partial charge on any atom is 0.130 e. The van der Waals surface area contributed by atoms with E-state index in [-0.39, 0.29) is 0 Å². The van der Waals surface area contributed by atoms with Crippen molar-refractivity contribution in [2.45, 2.75) is 6.42 Å². The number of hydrogen-bond acceptors (Lipinski definition) is 4. The lowest BCUT2D eigenvalue weighted by Gasteiger charge is -2.12. The van der Waals surface area contributed by atoms with Crippen LogP contribution < -0.4 is 19.5 Å². The van der Waals surface area contributed by atoms with E-state index in [1.165, 1.54) is 11.0 Å². The Kier molecular flexibility index (Phi) is 6.59. The van der Waals surface area contributed by atoms with Crippen molar-refractivity contribution in [3.8, 4) is 11.5 Å². The number of methoxy groups -OCH3 is 1. The summed E-state index contributed by atoms with van der Waals surface area (Å²) in [6.07, 6.45) is 3.36. The molecular formula is C15H21NO4. The van der Waals surface area contributed by atoms with Gasteiger partial charge in [0, 0.05) is 18.1 Å². The van der Waals surface area contributed by atoms with Crippen molar-refractivity contribution in [3.05, 3.63) is 29.8 Å². The van der Waals surface area contributed by atoms with E-state index in [4.69, 9.17) is 9.47 Å². The molecule has 0 unspecified atom stereocenters. The molecule has 0 aromatic heterocycles. The van der Waals surface area contributed by atoms with E-state index in [2.05, 4.69) is 14.1 Å². The maximum atomic E-state index is 10.5. The van der Waals surface area contributed by atoms with E-state index in [1.807, 2.05) is 0 Å². The van der Waals surface area contributed by atoms with Gasteiger partial charge in [-0.15, -0.1) is 0 Å². The van der Waals surface area contributed by atoms with E-state index in [1.54, 1.807) is 25.3 Å². The molecule has 0 aliphatic heterocycles. The van der Waals surface area contributed by atoms with E-state index < -0.39 is 5.97 Å². The van der Waals surface area contributed by atoms with E-state index >= 15 is 0 Å². The lowest BCUT2D eigenvalue weighted by Crippen LogP contribution is -3.05. The molecule has 0 saturated heterocycles. The molecule has 0 aliphatic rings. The molecule has 0 radical (unpaired) electrons. The Morgan fingerprint density at radius 1 is 1.40 bits per heavy atom. The second kappa shape index (κ2) is 8.22. The second-order valence-corrected chi connectivity index (χ2v) is 4.72. The first kappa shape index (κ1) is 16.0. The lowest BCUT2D eigenvalue weighted by molar-refractivity contribution is -0.858. The van der Waals surface area contributed by atoms with Crippen LogP contribution >= 0.6 is 0 Å². The standard InChI is InChI=1S/C15H21NO4/c1-16(2)9-4-10-20-14-11-13(19-3)7-5-12(14)6-8-15(17)18/h5-8,11H,4,9-10H2,1-3H3,(H,17,18)/b8-6-. The fourth-order valence-corrected chi connectivity index (χ4v) is 1.67. The van der Waals surface area contributed by atoms with E-state index in [0.717, 1.165) is 19.0 Å². The van der Waals surface area contributed by atoms with Crippen LogP contribution in [0.1, 0.15) is 12.0 Å². The Balaban J connectivity index is 2.75. The molecule has 1 aromatic carbocycles. The third-order valence-corrected chi connectivity index (χ3v) is 2.70. The molecule has 5 heteroatoms. The molecule has 1 N–H and O–H groups in total. The highest BCUT2D eigenvalue weighted by atomic mass is 16.5. The Labute approximate surface area is 119 Å². The highest BCUT2D eigenvalue weighted by Gasteiger charge is 2.04. The van der Waals surface area contributed by atoms with Crippen molar-refractivity contribution in [2.24, 2.45) is 0 Å². The number of rotatable bonds is 8. The van der Waals surface area contributed by atoms with Crippen LogP contribution in [0.25, 0.3) is 6.08 Å². The van der Waals surface area contributed by atoms with Crippen LogP contribution in [0.4, 0.5) is 0 Å². The number of carboxylic acids is 1. The molecule has 0 spiro atoms. The molecule has 0 atom stereocenters. The summed E-state index contributed by atoms with van der Waals surface area (Å²) in [6.45, 7) is 1.58. The molecule has 0 saturated carbocycles. The Hall–Kier alpha value is -2.01. The van der Waals surface area contributed by atoms with Crippen LogP contribution in [0.5, 0.6) is 11.5 Å². The van der Waals surface area contributed by atoms with Crippen molar-refractivity contribution in [1.82, 2.24) is 0 Å². The summed E-state index contributed by atoms with van der Waals surface area (Å²) in [5.74, 6) is 0.0439. The van der Waals surface area contributed by atoms with Crippen molar-refractivity contribution in [3.63, 3.8) is 0 Å². The van der Waals surface area contributed by atoms with Gasteiger partial charge in [-0.1, -0.05) is 0 Å². The highest BCUT2D eigenvalue weighted by Crippen LogP contribution is 2.26. The smallest absolute Gasteiger partial charge is 0.130 e. The number of quaternary nitrogens is 1. The highest BCUT2D eigenvalue weighted by molar-refractivity contribution is 5.84. The maximum absolute atomic E-state index is 10.5. The largest absolute Gasteiger partial charge is 0.545 e. The summed E-state index contributed by atoms with van der Waals surface area (Å²) < 4.78 is 10.8. The molecule has 0 fully saturated rings. The van der Waals surface area contributed by atoms with Gasteiger partial charge < -0.3 is 24.3 Å². The van der Waals surface area contributed by atoms with Crippen LogP contribution in [0.3, 0.4) is 0 Å². The van der Waals surface area contributed by atoms with Crippen LogP contribution in [-0.4, -0.2) is 40.3 Å². The molecule has 110 valence electrons. The zero-order chi connectivity index (χ0) is 15.0. The number of aliphatic carboxylic acids is 1. The van der Waals surface area contributed by atoms with E-state index in [0.29, 0.717) is 23.7 Å². The molecule has 1 rings (SSSR count). The number of ether oxygens (including phenoxy) is 2. The summed E-state index contributed by atoms with van der Waals surface area (Å²) in [6, 6.07) is 5.26. The van der Waals surface area contributed by atoms with Gasteiger partial charge in [0.25, 0.3) is 0 Å². The first-order chi connectivity index (χ1) is 9.52. The number of benzene rings is 1. The Bertz CT molecular complexity index is 469. The molecule has 0 amide bonds. The number of hydrogen-bond donors (Lipinski definition) is 1. The SMILES string of the molecule is COc1ccc(/C=C\C(=O)[O-])c(OCCC[NH+](C)C)c1. The summed E-state index contributed by atoms with van der Waals surface area (Å²) in [7, 11) is 5.74. The zero-order valence-corrected chi connectivity index (χ0v) is 12.1. The molecule has 0 bridgehead atoms. The number of nitrogens with one attached hydrogen (secondary N) is 1. The van der Waals surface area contributed by atoms with Crippen LogP contribution in [0, 0.1) is 0 Å². The fraction of sp³-hybridized carbons (Fsp3) is 0.400.